The maximum atomic E-state index is 12.0. The van der Waals surface area contributed by atoms with E-state index in [0.29, 0.717) is 6.54 Å². The second-order valence-corrected chi connectivity index (χ2v) is 5.34. The smallest absolute Gasteiger partial charge is 0.240 e. The monoisotopic (exact) mass is 239 g/mol. The van der Waals surface area contributed by atoms with Crippen LogP contribution in [0.2, 0.25) is 0 Å². The minimum atomic E-state index is -0.386. The number of carbonyl (C=O) groups is 1. The van der Waals surface area contributed by atoms with Crippen LogP contribution in [0.3, 0.4) is 0 Å². The van der Waals surface area contributed by atoms with E-state index in [2.05, 4.69) is 15.6 Å². The van der Waals surface area contributed by atoms with E-state index in [1.807, 2.05) is 6.92 Å². The lowest BCUT2D eigenvalue weighted by Gasteiger charge is -2.33. The highest BCUT2D eigenvalue weighted by Crippen LogP contribution is 2.19. The summed E-state index contributed by atoms with van der Waals surface area (Å²) in [6, 6.07) is 0. The Morgan fingerprint density at radius 3 is 3.19 bits per heavy atom. The molecule has 0 spiro atoms. The molecule has 0 radical (unpaired) electrons. The second-order valence-electron chi connectivity index (χ2n) is 4.37. The number of nitrogens with zero attached hydrogens (tertiary/aromatic N) is 1. The number of piperidine rings is 1. The molecule has 1 amide bonds. The third kappa shape index (κ3) is 2.59. The molecular formula is C11H17N3OS. The van der Waals surface area contributed by atoms with Crippen LogP contribution >= 0.6 is 11.3 Å². The first-order valence-electron chi connectivity index (χ1n) is 5.61. The van der Waals surface area contributed by atoms with Crippen LogP contribution in [0, 0.1) is 0 Å². The number of hydrogen-bond donors (Lipinski definition) is 2. The summed E-state index contributed by atoms with van der Waals surface area (Å²) in [5.41, 5.74) is 1.39. The first-order chi connectivity index (χ1) is 7.71. The fraction of sp³-hybridized carbons (Fsp3) is 0.636. The normalized spacial score (nSPS) is 25.3. The molecule has 4 nitrogen and oxygen atoms in total. The first kappa shape index (κ1) is 11.5. The SMILES string of the molecule is CC1(C(=O)NCc2cncs2)CCCCN1. The van der Waals surface area contributed by atoms with Gasteiger partial charge in [0.15, 0.2) is 0 Å². The lowest BCUT2D eigenvalue weighted by Crippen LogP contribution is -2.56. The average molecular weight is 239 g/mol. The van der Waals surface area contributed by atoms with Crippen LogP contribution in [-0.4, -0.2) is 23.0 Å². The number of rotatable bonds is 3. The number of carbonyl (C=O) groups excluding carboxylic acids is 1. The average Bonchev–Trinajstić information content (AvgIpc) is 2.79. The standard InChI is InChI=1S/C11H17N3OS/c1-11(4-2-3-5-14-11)10(15)13-7-9-6-12-8-16-9/h6,8,14H,2-5,7H2,1H3,(H,13,15). The maximum Gasteiger partial charge on any atom is 0.240 e. The van der Waals surface area contributed by atoms with Gasteiger partial charge in [0.05, 0.1) is 17.6 Å². The third-order valence-corrected chi connectivity index (χ3v) is 3.81. The molecular weight excluding hydrogens is 222 g/mol. The van der Waals surface area contributed by atoms with Crippen molar-refractivity contribution in [1.82, 2.24) is 15.6 Å². The Morgan fingerprint density at radius 2 is 2.56 bits per heavy atom. The lowest BCUT2D eigenvalue weighted by atomic mass is 9.90. The summed E-state index contributed by atoms with van der Waals surface area (Å²) in [6.45, 7) is 3.50. The number of nitrogens with one attached hydrogen (secondary N) is 2. The van der Waals surface area contributed by atoms with E-state index in [9.17, 15) is 4.79 Å². The summed E-state index contributed by atoms with van der Waals surface area (Å²) >= 11 is 1.56. The third-order valence-electron chi connectivity index (χ3n) is 3.03. The van der Waals surface area contributed by atoms with Crippen LogP contribution in [0.4, 0.5) is 0 Å². The number of aromatic nitrogens is 1. The zero-order valence-corrected chi connectivity index (χ0v) is 10.3. The van der Waals surface area contributed by atoms with Crippen molar-refractivity contribution in [1.29, 1.82) is 0 Å². The molecule has 0 bridgehead atoms. The molecule has 5 heteroatoms. The summed E-state index contributed by atoms with van der Waals surface area (Å²) in [6.07, 6.45) is 5.00. The van der Waals surface area contributed by atoms with Crippen LogP contribution in [0.5, 0.6) is 0 Å². The van der Waals surface area contributed by atoms with E-state index < -0.39 is 0 Å². The molecule has 0 saturated carbocycles. The molecule has 1 aromatic heterocycles. The lowest BCUT2D eigenvalue weighted by molar-refractivity contribution is -0.128. The van der Waals surface area contributed by atoms with Crippen molar-refractivity contribution in [3.05, 3.63) is 16.6 Å². The molecule has 2 rings (SSSR count). The zero-order valence-electron chi connectivity index (χ0n) is 9.45. The molecule has 1 saturated heterocycles. The Bertz CT molecular complexity index is 344. The Labute approximate surface area is 99.5 Å². The van der Waals surface area contributed by atoms with Crippen molar-refractivity contribution in [2.75, 3.05) is 6.54 Å². The van der Waals surface area contributed by atoms with Gasteiger partial charge >= 0.3 is 0 Å². The van der Waals surface area contributed by atoms with Gasteiger partial charge in [0.25, 0.3) is 0 Å². The van der Waals surface area contributed by atoms with Gasteiger partial charge in [-0.3, -0.25) is 9.78 Å². The van der Waals surface area contributed by atoms with Crippen molar-refractivity contribution in [3.63, 3.8) is 0 Å². The number of hydrogen-bond acceptors (Lipinski definition) is 4. The summed E-state index contributed by atoms with van der Waals surface area (Å²) in [5.74, 6) is 0.0978. The Morgan fingerprint density at radius 1 is 1.69 bits per heavy atom. The van der Waals surface area contributed by atoms with Crippen LogP contribution in [-0.2, 0) is 11.3 Å². The molecule has 16 heavy (non-hydrogen) atoms. The van der Waals surface area contributed by atoms with Gasteiger partial charge in [-0.25, -0.2) is 0 Å². The molecule has 1 unspecified atom stereocenters. The van der Waals surface area contributed by atoms with Gasteiger partial charge < -0.3 is 10.6 Å². The van der Waals surface area contributed by atoms with Crippen molar-refractivity contribution in [2.45, 2.75) is 38.3 Å². The van der Waals surface area contributed by atoms with E-state index in [1.54, 1.807) is 23.0 Å². The Kier molecular flexibility index (Phi) is 3.56. The molecule has 1 fully saturated rings. The quantitative estimate of drug-likeness (QED) is 0.835. The number of thiazole rings is 1. The molecule has 2 heterocycles. The van der Waals surface area contributed by atoms with Crippen LogP contribution in [0.1, 0.15) is 31.1 Å². The predicted octanol–water partition coefficient (Wildman–Crippen LogP) is 1.29. The van der Waals surface area contributed by atoms with E-state index in [0.717, 1.165) is 30.7 Å². The summed E-state index contributed by atoms with van der Waals surface area (Å²) < 4.78 is 0. The highest BCUT2D eigenvalue weighted by molar-refractivity contribution is 7.09. The highest BCUT2D eigenvalue weighted by atomic mass is 32.1. The Balaban J connectivity index is 1.87. The summed E-state index contributed by atoms with van der Waals surface area (Å²) in [7, 11) is 0. The zero-order chi connectivity index (χ0) is 11.4. The molecule has 0 aromatic carbocycles. The van der Waals surface area contributed by atoms with Gasteiger partial charge in [-0.1, -0.05) is 0 Å². The van der Waals surface area contributed by atoms with Crippen molar-refractivity contribution in [3.8, 4) is 0 Å². The van der Waals surface area contributed by atoms with Gasteiger partial charge in [0.1, 0.15) is 0 Å². The largest absolute Gasteiger partial charge is 0.350 e. The van der Waals surface area contributed by atoms with Gasteiger partial charge in [0.2, 0.25) is 5.91 Å². The van der Waals surface area contributed by atoms with Gasteiger partial charge in [-0.15, -0.1) is 11.3 Å². The minimum Gasteiger partial charge on any atom is -0.350 e. The molecule has 2 N–H and O–H groups in total. The van der Waals surface area contributed by atoms with Crippen molar-refractivity contribution in [2.24, 2.45) is 0 Å². The van der Waals surface area contributed by atoms with Crippen LogP contribution in [0.25, 0.3) is 0 Å². The fourth-order valence-electron chi connectivity index (χ4n) is 1.94. The second kappa shape index (κ2) is 4.93. The van der Waals surface area contributed by atoms with Crippen LogP contribution in [0.15, 0.2) is 11.7 Å². The summed E-state index contributed by atoms with van der Waals surface area (Å²) in [4.78, 5) is 17.1. The summed E-state index contributed by atoms with van der Waals surface area (Å²) in [5, 5.41) is 6.27. The van der Waals surface area contributed by atoms with Crippen molar-refractivity contribution >= 4 is 17.2 Å². The maximum absolute atomic E-state index is 12.0. The fourth-order valence-corrected chi connectivity index (χ4v) is 2.48. The molecule has 1 aliphatic heterocycles. The topological polar surface area (TPSA) is 54.0 Å². The molecule has 88 valence electrons. The van der Waals surface area contributed by atoms with E-state index in [1.165, 1.54) is 0 Å². The van der Waals surface area contributed by atoms with E-state index in [-0.39, 0.29) is 11.4 Å². The minimum absolute atomic E-state index is 0.0978. The van der Waals surface area contributed by atoms with Gasteiger partial charge in [-0.2, -0.15) is 0 Å². The van der Waals surface area contributed by atoms with Crippen LogP contribution < -0.4 is 10.6 Å². The molecule has 1 aromatic rings. The predicted molar refractivity (Wildman–Crippen MR) is 64.2 cm³/mol. The Hall–Kier alpha value is -0.940. The first-order valence-corrected chi connectivity index (χ1v) is 6.49. The molecule has 0 aliphatic carbocycles. The molecule has 1 aliphatic rings. The molecule has 1 atom stereocenters. The highest BCUT2D eigenvalue weighted by Gasteiger charge is 2.33. The number of amides is 1. The van der Waals surface area contributed by atoms with E-state index >= 15 is 0 Å². The van der Waals surface area contributed by atoms with Gasteiger partial charge in [0, 0.05) is 11.1 Å². The van der Waals surface area contributed by atoms with Crippen molar-refractivity contribution < 1.29 is 4.79 Å². The van der Waals surface area contributed by atoms with Gasteiger partial charge in [-0.05, 0) is 32.7 Å². The van der Waals surface area contributed by atoms with E-state index in [4.69, 9.17) is 0 Å².